The third-order valence-corrected chi connectivity index (χ3v) is 2.10. The van der Waals surface area contributed by atoms with Crippen LogP contribution < -0.4 is 16.2 Å². The molecule has 0 aliphatic heterocycles. The minimum atomic E-state index is -0.910. The van der Waals surface area contributed by atoms with Gasteiger partial charge in [-0.2, -0.15) is 0 Å². The number of esters is 1. The predicted octanol–water partition coefficient (Wildman–Crippen LogP) is 2.24. The van der Waals surface area contributed by atoms with Crippen LogP contribution in [0, 0.1) is 0 Å². The summed E-state index contributed by atoms with van der Waals surface area (Å²) in [5, 5.41) is 2.57. The number of aliphatic imine (C=N–C) groups is 1. The van der Waals surface area contributed by atoms with Gasteiger partial charge in [0.05, 0.1) is 0 Å². The summed E-state index contributed by atoms with van der Waals surface area (Å²) in [6.07, 6.45) is -1.70. The molecule has 0 saturated carbocycles. The molecule has 3 N–H and O–H groups in total. The maximum Gasteiger partial charge on any atom is 0.437 e. The molecule has 0 aromatic rings. The Morgan fingerprint density at radius 2 is 1.22 bits per heavy atom. The van der Waals surface area contributed by atoms with E-state index in [1.165, 1.54) is 0 Å². The van der Waals surface area contributed by atoms with Crippen molar-refractivity contribution in [3.63, 3.8) is 0 Å². The Morgan fingerprint density at radius 3 is 1.67 bits per heavy atom. The average Bonchev–Trinajstić information content (AvgIpc) is 2.35. The highest BCUT2D eigenvalue weighted by Gasteiger charge is 2.20. The van der Waals surface area contributed by atoms with Gasteiger partial charge in [-0.15, -0.1) is 4.99 Å². The molecule has 0 atom stereocenters. The van der Waals surface area contributed by atoms with Gasteiger partial charge in [0.15, 0.2) is 0 Å². The molecule has 0 unspecified atom stereocenters. The van der Waals surface area contributed by atoms with Crippen molar-refractivity contribution in [1.82, 2.24) is 16.2 Å². The normalized spacial score (nSPS) is 12.7. The zero-order chi connectivity index (χ0) is 21.5. The molecule has 0 radical (unpaired) electrons. The van der Waals surface area contributed by atoms with E-state index in [0.29, 0.717) is 0 Å². The maximum atomic E-state index is 11.9. The molecule has 0 spiro atoms. The molecular formula is C17H32N4O6. The molecule has 0 aromatic heterocycles. The second-order valence-corrected chi connectivity index (χ2v) is 8.63. The van der Waals surface area contributed by atoms with Crippen LogP contribution in [0.15, 0.2) is 4.99 Å². The highest BCUT2D eigenvalue weighted by molar-refractivity contribution is 5.92. The lowest BCUT2D eigenvalue weighted by atomic mass is 10.2. The van der Waals surface area contributed by atoms with Gasteiger partial charge in [-0.1, -0.05) is 0 Å². The van der Waals surface area contributed by atoms with Crippen LogP contribution in [0.3, 0.4) is 0 Å². The van der Waals surface area contributed by atoms with Crippen LogP contribution >= 0.6 is 0 Å². The molecular weight excluding hydrogens is 356 g/mol. The first-order valence-electron chi connectivity index (χ1n) is 8.49. The van der Waals surface area contributed by atoms with Gasteiger partial charge in [-0.25, -0.2) is 15.0 Å². The summed E-state index contributed by atoms with van der Waals surface area (Å²) >= 11 is 0. The van der Waals surface area contributed by atoms with Crippen LogP contribution in [-0.2, 0) is 19.0 Å². The number of carbonyl (C=O) groups excluding carboxylic acids is 3. The van der Waals surface area contributed by atoms with E-state index in [4.69, 9.17) is 14.2 Å². The topological polar surface area (TPSA) is 127 Å². The summed E-state index contributed by atoms with van der Waals surface area (Å²) in [6, 6.07) is 0. The number of hydrazine groups is 1. The summed E-state index contributed by atoms with van der Waals surface area (Å²) in [5.41, 5.74) is 2.47. The van der Waals surface area contributed by atoms with Crippen LogP contribution in [0.2, 0.25) is 0 Å². The summed E-state index contributed by atoms with van der Waals surface area (Å²) < 4.78 is 15.3. The highest BCUT2D eigenvalue weighted by atomic mass is 16.6. The van der Waals surface area contributed by atoms with Crippen molar-refractivity contribution >= 4 is 24.1 Å². The summed E-state index contributed by atoms with van der Waals surface area (Å²) in [4.78, 5) is 39.0. The Morgan fingerprint density at radius 1 is 0.741 bits per heavy atom. The fourth-order valence-electron chi connectivity index (χ4n) is 1.44. The first kappa shape index (κ1) is 24.5. The van der Waals surface area contributed by atoms with E-state index in [-0.39, 0.29) is 12.5 Å². The lowest BCUT2D eigenvalue weighted by molar-refractivity contribution is -0.153. The monoisotopic (exact) mass is 388 g/mol. The molecule has 156 valence electrons. The van der Waals surface area contributed by atoms with Crippen LogP contribution in [0.25, 0.3) is 0 Å². The second kappa shape index (κ2) is 9.43. The molecule has 10 heteroatoms. The number of rotatable bonds is 2. The van der Waals surface area contributed by atoms with Gasteiger partial charge in [0.25, 0.3) is 0 Å². The fraction of sp³-hybridized carbons (Fsp3) is 0.765. The van der Waals surface area contributed by atoms with Crippen molar-refractivity contribution in [2.45, 2.75) is 79.1 Å². The smallest absolute Gasteiger partial charge is 0.437 e. The van der Waals surface area contributed by atoms with Crippen molar-refractivity contribution < 1.29 is 28.6 Å². The van der Waals surface area contributed by atoms with E-state index in [1.54, 1.807) is 62.3 Å². The van der Waals surface area contributed by atoms with Crippen LogP contribution in [-0.4, -0.2) is 47.5 Å². The van der Waals surface area contributed by atoms with Gasteiger partial charge in [0.1, 0.15) is 23.3 Å². The number of guanidine groups is 1. The Bertz CT molecular complexity index is 533. The van der Waals surface area contributed by atoms with Crippen LogP contribution in [0.5, 0.6) is 0 Å². The quantitative estimate of drug-likeness (QED) is 0.216. The fourth-order valence-corrected chi connectivity index (χ4v) is 1.44. The Kier molecular flexibility index (Phi) is 8.55. The van der Waals surface area contributed by atoms with E-state index in [0.717, 1.165) is 0 Å². The summed E-state index contributed by atoms with van der Waals surface area (Å²) in [7, 11) is 0. The van der Waals surface area contributed by atoms with E-state index in [2.05, 4.69) is 21.2 Å². The number of carbonyl (C=O) groups is 3. The van der Waals surface area contributed by atoms with Gasteiger partial charge in [-0.3, -0.25) is 10.2 Å². The predicted molar refractivity (Wildman–Crippen MR) is 100 cm³/mol. The van der Waals surface area contributed by atoms with E-state index >= 15 is 0 Å². The number of nitrogens with zero attached hydrogens (tertiary/aromatic N) is 1. The SMILES string of the molecule is CC(C)(C)OC(=O)CN/C(=N\C(=O)OC(C)(C)C)NNC(=O)OC(C)(C)C. The standard InChI is InChI=1S/C17H32N4O6/c1-15(2,3)25-11(22)10-18-12(19-13(23)26-16(4,5)6)20-21-14(24)27-17(7,8)9/h10H2,1-9H3,(H,21,24)(H2,18,19,20,23). The minimum absolute atomic E-state index is 0.207. The molecule has 0 heterocycles. The Hall–Kier alpha value is -2.52. The average molecular weight is 388 g/mol. The van der Waals surface area contributed by atoms with Crippen molar-refractivity contribution in [3.05, 3.63) is 0 Å². The molecule has 27 heavy (non-hydrogen) atoms. The third kappa shape index (κ3) is 15.5. The zero-order valence-electron chi connectivity index (χ0n) is 17.6. The van der Waals surface area contributed by atoms with Gasteiger partial charge < -0.3 is 19.5 Å². The lowest BCUT2D eigenvalue weighted by Gasteiger charge is -2.22. The summed E-state index contributed by atoms with van der Waals surface area (Å²) in [5.74, 6) is -0.778. The zero-order valence-corrected chi connectivity index (χ0v) is 17.6. The van der Waals surface area contributed by atoms with Gasteiger partial charge in [-0.05, 0) is 62.3 Å². The molecule has 2 amide bonds. The first-order chi connectivity index (χ1) is 12.0. The first-order valence-corrected chi connectivity index (χ1v) is 8.49. The number of hydrogen-bond donors (Lipinski definition) is 3. The van der Waals surface area contributed by atoms with Crippen LogP contribution in [0.1, 0.15) is 62.3 Å². The molecule has 0 saturated heterocycles. The highest BCUT2D eigenvalue weighted by Crippen LogP contribution is 2.08. The van der Waals surface area contributed by atoms with Crippen LogP contribution in [0.4, 0.5) is 9.59 Å². The van der Waals surface area contributed by atoms with E-state index < -0.39 is 35.0 Å². The molecule has 0 aliphatic rings. The van der Waals surface area contributed by atoms with Crippen molar-refractivity contribution in [2.75, 3.05) is 6.54 Å². The maximum absolute atomic E-state index is 11.9. The molecule has 0 aliphatic carbocycles. The Labute approximate surface area is 160 Å². The second-order valence-electron chi connectivity index (χ2n) is 8.63. The summed E-state index contributed by atoms with van der Waals surface area (Å²) in [6.45, 7) is 15.0. The number of hydrogen-bond acceptors (Lipinski definition) is 6. The van der Waals surface area contributed by atoms with Crippen molar-refractivity contribution in [3.8, 4) is 0 Å². The van der Waals surface area contributed by atoms with E-state index in [1.807, 2.05) is 0 Å². The van der Waals surface area contributed by atoms with Gasteiger partial charge in [0, 0.05) is 0 Å². The van der Waals surface area contributed by atoms with Crippen molar-refractivity contribution in [1.29, 1.82) is 0 Å². The largest absolute Gasteiger partial charge is 0.459 e. The molecule has 0 fully saturated rings. The molecule has 0 bridgehead atoms. The molecule has 10 nitrogen and oxygen atoms in total. The lowest BCUT2D eigenvalue weighted by Crippen LogP contribution is -2.51. The van der Waals surface area contributed by atoms with Gasteiger partial charge >= 0.3 is 18.2 Å². The number of ether oxygens (including phenoxy) is 3. The molecule has 0 rings (SSSR count). The minimum Gasteiger partial charge on any atom is -0.459 e. The third-order valence-electron chi connectivity index (χ3n) is 2.10. The van der Waals surface area contributed by atoms with Crippen molar-refractivity contribution in [2.24, 2.45) is 4.99 Å². The Balaban J connectivity index is 4.97. The van der Waals surface area contributed by atoms with Gasteiger partial charge in [0.2, 0.25) is 5.96 Å². The van der Waals surface area contributed by atoms with E-state index in [9.17, 15) is 14.4 Å². The number of amides is 2. The molecule has 0 aromatic carbocycles. The number of nitrogens with one attached hydrogen (secondary N) is 3.